The quantitative estimate of drug-likeness (QED) is 0.223. The van der Waals surface area contributed by atoms with Gasteiger partial charge in [-0.05, 0) is 17.7 Å². The van der Waals surface area contributed by atoms with Crippen molar-refractivity contribution in [3.05, 3.63) is 60.8 Å². The molecule has 0 radical (unpaired) electrons. The number of nitrogens with one attached hydrogen (secondary N) is 2. The molecule has 1 atom stereocenters. The maximum Gasteiger partial charge on any atom is 0.329 e. The van der Waals surface area contributed by atoms with E-state index in [0.29, 0.717) is 5.56 Å². The van der Waals surface area contributed by atoms with Crippen LogP contribution in [-0.2, 0) is 13.6 Å². The molecule has 0 spiro atoms. The van der Waals surface area contributed by atoms with Crippen LogP contribution in [0.5, 0.6) is 0 Å². The molecule has 3 rings (SSSR count). The lowest BCUT2D eigenvalue weighted by Gasteiger charge is -2.11. The standard InChI is InChI=1S/C16H17N7O6/c1-21-13-12(14(26)19-16(21)27)22(7-11(25)8-24)15(18-13)20-17-6-9-2-4-10(5-3-9)23(28)29/h2-6,11,24-25H,7-8H2,1H3,(H,18,20)(H,19,26,27)/b17-6-/t11-/m1/s1. The smallest absolute Gasteiger partial charge is 0.329 e. The van der Waals surface area contributed by atoms with Gasteiger partial charge in [-0.2, -0.15) is 10.1 Å². The number of imidazole rings is 1. The van der Waals surface area contributed by atoms with Crippen LogP contribution in [0.15, 0.2) is 39.0 Å². The number of hydrogen-bond acceptors (Lipinski definition) is 9. The van der Waals surface area contributed by atoms with Gasteiger partial charge in [0.15, 0.2) is 11.2 Å². The minimum Gasteiger partial charge on any atom is -0.394 e. The van der Waals surface area contributed by atoms with Crippen molar-refractivity contribution in [1.82, 2.24) is 19.1 Å². The van der Waals surface area contributed by atoms with Gasteiger partial charge in [-0.25, -0.2) is 10.2 Å². The molecular weight excluding hydrogens is 386 g/mol. The number of nitrogens with zero attached hydrogens (tertiary/aromatic N) is 5. The summed E-state index contributed by atoms with van der Waals surface area (Å²) < 4.78 is 2.42. The van der Waals surface area contributed by atoms with E-state index in [9.17, 15) is 24.8 Å². The first-order valence-electron chi connectivity index (χ1n) is 8.33. The van der Waals surface area contributed by atoms with Gasteiger partial charge in [0.05, 0.1) is 30.4 Å². The molecule has 0 aliphatic rings. The van der Waals surface area contributed by atoms with Gasteiger partial charge in [-0.3, -0.25) is 24.5 Å². The number of H-pyrrole nitrogens is 1. The van der Waals surface area contributed by atoms with Crippen molar-refractivity contribution in [2.24, 2.45) is 12.1 Å². The first kappa shape index (κ1) is 19.9. The van der Waals surface area contributed by atoms with Gasteiger partial charge in [0.1, 0.15) is 0 Å². The minimum absolute atomic E-state index is 0.0210. The Kier molecular flexibility index (Phi) is 5.52. The lowest BCUT2D eigenvalue weighted by atomic mass is 10.2. The molecule has 1 aromatic carbocycles. The minimum atomic E-state index is -1.18. The molecule has 0 fully saturated rings. The highest BCUT2D eigenvalue weighted by atomic mass is 16.6. The van der Waals surface area contributed by atoms with E-state index in [2.05, 4.69) is 20.5 Å². The van der Waals surface area contributed by atoms with Gasteiger partial charge in [0.25, 0.3) is 11.2 Å². The molecular formula is C16H17N7O6. The van der Waals surface area contributed by atoms with Crippen LogP contribution in [0.3, 0.4) is 0 Å². The fourth-order valence-electron chi connectivity index (χ4n) is 2.61. The zero-order valence-electron chi connectivity index (χ0n) is 15.1. The van der Waals surface area contributed by atoms with E-state index in [1.54, 1.807) is 0 Å². The van der Waals surface area contributed by atoms with E-state index in [1.165, 1.54) is 42.1 Å². The van der Waals surface area contributed by atoms with Gasteiger partial charge in [0.2, 0.25) is 5.95 Å². The maximum absolute atomic E-state index is 12.2. The van der Waals surface area contributed by atoms with E-state index < -0.39 is 28.9 Å². The van der Waals surface area contributed by atoms with Crippen LogP contribution in [0.4, 0.5) is 11.6 Å². The first-order valence-corrected chi connectivity index (χ1v) is 8.33. The maximum atomic E-state index is 12.2. The number of rotatable bonds is 7. The van der Waals surface area contributed by atoms with Crippen molar-refractivity contribution < 1.29 is 15.1 Å². The van der Waals surface area contributed by atoms with Crippen LogP contribution in [0.2, 0.25) is 0 Å². The number of nitro groups is 1. The van der Waals surface area contributed by atoms with Gasteiger partial charge in [0, 0.05) is 19.2 Å². The lowest BCUT2D eigenvalue weighted by molar-refractivity contribution is -0.384. The predicted molar refractivity (Wildman–Crippen MR) is 103 cm³/mol. The Morgan fingerprint density at radius 2 is 2.07 bits per heavy atom. The second kappa shape index (κ2) is 8.04. The molecule has 0 saturated carbocycles. The normalized spacial score (nSPS) is 12.5. The fraction of sp³-hybridized carbons (Fsp3) is 0.250. The van der Waals surface area contributed by atoms with E-state index >= 15 is 0 Å². The largest absolute Gasteiger partial charge is 0.394 e. The number of benzene rings is 1. The molecule has 13 heteroatoms. The SMILES string of the molecule is Cn1c(=O)[nH]c(=O)c2c1nc(N/N=C\c1ccc([N+](=O)[O-])cc1)n2C[C@@H](O)CO. The highest BCUT2D eigenvalue weighted by Gasteiger charge is 2.19. The molecule has 4 N–H and O–H groups in total. The van der Waals surface area contributed by atoms with Crippen LogP contribution in [0.1, 0.15) is 5.56 Å². The number of aliphatic hydroxyl groups is 2. The van der Waals surface area contributed by atoms with E-state index in [4.69, 9.17) is 5.11 Å². The molecule has 0 bridgehead atoms. The van der Waals surface area contributed by atoms with Gasteiger partial charge in [-0.15, -0.1) is 0 Å². The Bertz CT molecular complexity index is 1190. The molecule has 2 aromatic heterocycles. The number of aliphatic hydroxyl groups excluding tert-OH is 2. The molecule has 152 valence electrons. The highest BCUT2D eigenvalue weighted by molar-refractivity contribution is 5.81. The molecule has 0 aliphatic carbocycles. The molecule has 0 amide bonds. The summed E-state index contributed by atoms with van der Waals surface area (Å²) in [6, 6.07) is 5.64. The number of fused-ring (bicyclic) bond motifs is 1. The van der Waals surface area contributed by atoms with Crippen molar-refractivity contribution in [1.29, 1.82) is 0 Å². The summed E-state index contributed by atoms with van der Waals surface area (Å²) in [4.78, 5) is 40.5. The molecule has 0 unspecified atom stereocenters. The van der Waals surface area contributed by atoms with Crippen LogP contribution in [-0.4, -0.2) is 53.2 Å². The van der Waals surface area contributed by atoms with Crippen molar-refractivity contribution in [3.8, 4) is 0 Å². The number of aromatic nitrogens is 4. The summed E-state index contributed by atoms with van der Waals surface area (Å²) in [5.74, 6) is 0.0531. The van der Waals surface area contributed by atoms with Gasteiger partial charge in [-0.1, -0.05) is 0 Å². The summed E-state index contributed by atoms with van der Waals surface area (Å²) in [6.07, 6.45) is 0.197. The van der Waals surface area contributed by atoms with E-state index in [1.807, 2.05) is 0 Å². The monoisotopic (exact) mass is 403 g/mol. The summed E-state index contributed by atoms with van der Waals surface area (Å²) in [7, 11) is 1.42. The number of aryl methyl sites for hydroxylation is 1. The number of nitro benzene ring substituents is 1. The van der Waals surface area contributed by atoms with Crippen molar-refractivity contribution in [3.63, 3.8) is 0 Å². The average molecular weight is 403 g/mol. The van der Waals surface area contributed by atoms with Crippen LogP contribution in [0, 0.1) is 10.1 Å². The summed E-state index contributed by atoms with van der Waals surface area (Å²) >= 11 is 0. The third-order valence-corrected chi connectivity index (χ3v) is 4.09. The fourth-order valence-corrected chi connectivity index (χ4v) is 2.61. The number of hydrazone groups is 1. The number of hydrogen-bond donors (Lipinski definition) is 4. The van der Waals surface area contributed by atoms with Gasteiger partial charge < -0.3 is 14.8 Å². The van der Waals surface area contributed by atoms with Crippen LogP contribution in [0.25, 0.3) is 11.2 Å². The van der Waals surface area contributed by atoms with Crippen LogP contribution < -0.4 is 16.7 Å². The molecule has 3 aromatic rings. The Labute approximate surface area is 161 Å². The Morgan fingerprint density at radius 1 is 1.38 bits per heavy atom. The van der Waals surface area contributed by atoms with Crippen molar-refractivity contribution >= 4 is 29.0 Å². The summed E-state index contributed by atoms with van der Waals surface area (Å²) in [6.45, 7) is -0.724. The molecule has 0 saturated heterocycles. The summed E-state index contributed by atoms with van der Waals surface area (Å²) in [5.41, 5.74) is 1.85. The average Bonchev–Trinajstić information content (AvgIpc) is 3.05. The molecule has 29 heavy (non-hydrogen) atoms. The van der Waals surface area contributed by atoms with Crippen LogP contribution >= 0.6 is 0 Å². The third kappa shape index (κ3) is 4.04. The zero-order chi connectivity index (χ0) is 21.1. The Morgan fingerprint density at radius 3 is 2.69 bits per heavy atom. The number of anilines is 1. The van der Waals surface area contributed by atoms with Gasteiger partial charge >= 0.3 is 5.69 Å². The van der Waals surface area contributed by atoms with Crippen molar-refractivity contribution in [2.75, 3.05) is 12.0 Å². The number of non-ortho nitro benzene ring substituents is 1. The Balaban J connectivity index is 1.97. The zero-order valence-corrected chi connectivity index (χ0v) is 15.1. The Hall–Kier alpha value is -3.84. The number of aromatic amines is 1. The second-order valence-corrected chi connectivity index (χ2v) is 6.09. The predicted octanol–water partition coefficient (Wildman–Crippen LogP) is -0.869. The third-order valence-electron chi connectivity index (χ3n) is 4.09. The lowest BCUT2D eigenvalue weighted by Crippen LogP contribution is -2.30. The summed E-state index contributed by atoms with van der Waals surface area (Å²) in [5, 5.41) is 33.6. The topological polar surface area (TPSA) is 181 Å². The molecule has 13 nitrogen and oxygen atoms in total. The van der Waals surface area contributed by atoms with E-state index in [0.717, 1.165) is 4.57 Å². The second-order valence-electron chi connectivity index (χ2n) is 6.09. The molecule has 2 heterocycles. The van der Waals surface area contributed by atoms with E-state index in [-0.39, 0.29) is 29.3 Å². The van der Waals surface area contributed by atoms with Crippen molar-refractivity contribution in [2.45, 2.75) is 12.6 Å². The highest BCUT2D eigenvalue weighted by Crippen LogP contribution is 2.16. The molecule has 0 aliphatic heterocycles. The first-order chi connectivity index (χ1) is 13.8.